The zero-order valence-electron chi connectivity index (χ0n) is 16.9. The molecule has 0 aromatic heterocycles. The first-order valence-corrected chi connectivity index (χ1v) is 8.90. The Bertz CT molecular complexity index is 815. The Labute approximate surface area is 190 Å². The summed E-state index contributed by atoms with van der Waals surface area (Å²) in [6.07, 6.45) is -4.36. The summed E-state index contributed by atoms with van der Waals surface area (Å²) in [7, 11) is 3.12. The van der Waals surface area contributed by atoms with Crippen molar-refractivity contribution in [3.63, 3.8) is 0 Å². The first kappa shape index (κ1) is 25.7. The van der Waals surface area contributed by atoms with Gasteiger partial charge >= 0.3 is 6.18 Å². The van der Waals surface area contributed by atoms with Crippen LogP contribution < -0.4 is 24.8 Å². The summed E-state index contributed by atoms with van der Waals surface area (Å²) < 4.78 is 51.8. The lowest BCUT2D eigenvalue weighted by molar-refractivity contribution is -0.153. The lowest BCUT2D eigenvalue weighted by Gasteiger charge is -2.14. The van der Waals surface area contributed by atoms with Crippen molar-refractivity contribution in [2.24, 2.45) is 4.99 Å². The maximum atomic E-state index is 12.2. The van der Waals surface area contributed by atoms with Gasteiger partial charge in [0.25, 0.3) is 0 Å². The van der Waals surface area contributed by atoms with Crippen molar-refractivity contribution in [1.82, 2.24) is 5.32 Å². The van der Waals surface area contributed by atoms with Crippen LogP contribution in [-0.4, -0.2) is 39.5 Å². The fourth-order valence-electron chi connectivity index (χ4n) is 2.38. The number of anilines is 1. The van der Waals surface area contributed by atoms with Crippen molar-refractivity contribution in [1.29, 1.82) is 0 Å². The maximum Gasteiger partial charge on any atom is 0.422 e. The Kier molecular flexibility index (Phi) is 10.6. The highest BCUT2D eigenvalue weighted by atomic mass is 127. The highest BCUT2D eigenvalue weighted by Gasteiger charge is 2.28. The molecule has 0 amide bonds. The molecule has 2 aromatic carbocycles. The van der Waals surface area contributed by atoms with Crippen LogP contribution in [0.25, 0.3) is 0 Å². The average Bonchev–Trinajstić information content (AvgIpc) is 2.70. The molecule has 2 N–H and O–H groups in total. The molecule has 0 saturated heterocycles. The second-order valence-corrected chi connectivity index (χ2v) is 5.94. The molecule has 0 saturated carbocycles. The molecule has 0 spiro atoms. The molecular formula is C20H25F3IN3O3. The Balaban J connectivity index is 0.00000450. The fraction of sp³-hybridized carbons (Fsp3) is 0.350. The summed E-state index contributed by atoms with van der Waals surface area (Å²) >= 11 is 0. The summed E-state index contributed by atoms with van der Waals surface area (Å²) in [5, 5.41) is 6.31. The van der Waals surface area contributed by atoms with Crippen LogP contribution in [-0.2, 0) is 6.54 Å². The quantitative estimate of drug-likeness (QED) is 0.286. The van der Waals surface area contributed by atoms with E-state index in [1.165, 1.54) is 12.1 Å². The number of ether oxygens (including phenoxy) is 3. The minimum absolute atomic E-state index is 0. The standard InChI is InChI=1S/C20H24F3N3O3.HI/c1-4-24-19(26-15-7-10-17(27-2)18(11-15)28-3)25-12-14-5-8-16(9-6-14)29-13-20(21,22)23;/h5-11H,4,12-13H2,1-3H3,(H2,24,25,26);1H. The molecule has 2 rings (SSSR count). The van der Waals surface area contributed by atoms with Crippen molar-refractivity contribution < 1.29 is 27.4 Å². The molecule has 0 radical (unpaired) electrons. The van der Waals surface area contributed by atoms with Crippen LogP contribution in [0.1, 0.15) is 12.5 Å². The number of hydrogen-bond acceptors (Lipinski definition) is 4. The number of guanidine groups is 1. The Morgan fingerprint density at radius 2 is 1.67 bits per heavy atom. The summed E-state index contributed by atoms with van der Waals surface area (Å²) in [4.78, 5) is 4.49. The fourth-order valence-corrected chi connectivity index (χ4v) is 2.38. The topological polar surface area (TPSA) is 64.1 Å². The van der Waals surface area contributed by atoms with Gasteiger partial charge in [0.1, 0.15) is 5.75 Å². The minimum atomic E-state index is -4.36. The number of nitrogens with one attached hydrogen (secondary N) is 2. The van der Waals surface area contributed by atoms with E-state index in [9.17, 15) is 13.2 Å². The molecule has 166 valence electrons. The lowest BCUT2D eigenvalue weighted by Crippen LogP contribution is -2.30. The maximum absolute atomic E-state index is 12.2. The van der Waals surface area contributed by atoms with Gasteiger partial charge in [0.2, 0.25) is 0 Å². The third-order valence-electron chi connectivity index (χ3n) is 3.74. The normalized spacial score (nSPS) is 11.3. The van der Waals surface area contributed by atoms with E-state index in [1.807, 2.05) is 13.0 Å². The van der Waals surface area contributed by atoms with Crippen LogP contribution in [0.3, 0.4) is 0 Å². The van der Waals surface area contributed by atoms with Gasteiger partial charge in [0, 0.05) is 18.3 Å². The second-order valence-electron chi connectivity index (χ2n) is 5.94. The van der Waals surface area contributed by atoms with E-state index in [-0.39, 0.29) is 29.7 Å². The van der Waals surface area contributed by atoms with E-state index in [0.29, 0.717) is 30.5 Å². The average molecular weight is 539 g/mol. The van der Waals surface area contributed by atoms with Crippen molar-refractivity contribution in [2.45, 2.75) is 19.6 Å². The first-order valence-electron chi connectivity index (χ1n) is 8.90. The Hall–Kier alpha value is -2.37. The second kappa shape index (κ2) is 12.4. The number of alkyl halides is 3. The van der Waals surface area contributed by atoms with Gasteiger partial charge < -0.3 is 24.8 Å². The summed E-state index contributed by atoms with van der Waals surface area (Å²) in [5.41, 5.74) is 1.59. The van der Waals surface area contributed by atoms with Crippen molar-refractivity contribution >= 4 is 35.6 Å². The van der Waals surface area contributed by atoms with Gasteiger partial charge in [-0.1, -0.05) is 12.1 Å². The number of nitrogens with zero attached hydrogens (tertiary/aromatic N) is 1. The number of halogens is 4. The van der Waals surface area contributed by atoms with E-state index in [1.54, 1.807) is 38.5 Å². The third kappa shape index (κ3) is 8.56. The van der Waals surface area contributed by atoms with Gasteiger partial charge in [-0.3, -0.25) is 0 Å². The molecule has 0 bridgehead atoms. The largest absolute Gasteiger partial charge is 0.493 e. The Morgan fingerprint density at radius 1 is 1.00 bits per heavy atom. The number of hydrogen-bond donors (Lipinski definition) is 2. The third-order valence-corrected chi connectivity index (χ3v) is 3.74. The number of benzene rings is 2. The van der Waals surface area contributed by atoms with Crippen LogP contribution in [0.15, 0.2) is 47.5 Å². The van der Waals surface area contributed by atoms with E-state index in [2.05, 4.69) is 15.6 Å². The lowest BCUT2D eigenvalue weighted by atomic mass is 10.2. The SMILES string of the molecule is CCNC(=NCc1ccc(OCC(F)(F)F)cc1)Nc1ccc(OC)c(OC)c1.I. The number of rotatable bonds is 8. The predicted molar refractivity (Wildman–Crippen MR) is 121 cm³/mol. The van der Waals surface area contributed by atoms with Gasteiger partial charge in [0.05, 0.1) is 20.8 Å². The van der Waals surface area contributed by atoms with Crippen molar-refractivity contribution in [3.8, 4) is 17.2 Å². The molecule has 10 heteroatoms. The van der Waals surface area contributed by atoms with Crippen molar-refractivity contribution in [3.05, 3.63) is 48.0 Å². The van der Waals surface area contributed by atoms with Gasteiger partial charge in [-0.2, -0.15) is 13.2 Å². The van der Waals surface area contributed by atoms with E-state index in [4.69, 9.17) is 14.2 Å². The summed E-state index contributed by atoms with van der Waals surface area (Å²) in [6.45, 7) is 1.62. The van der Waals surface area contributed by atoms with Gasteiger partial charge in [-0.25, -0.2) is 4.99 Å². The zero-order valence-corrected chi connectivity index (χ0v) is 19.2. The number of aliphatic imine (C=N–C) groups is 1. The molecule has 0 aliphatic heterocycles. The first-order chi connectivity index (χ1) is 13.8. The van der Waals surface area contributed by atoms with E-state index < -0.39 is 12.8 Å². The molecule has 0 fully saturated rings. The smallest absolute Gasteiger partial charge is 0.422 e. The van der Waals surface area contributed by atoms with E-state index in [0.717, 1.165) is 11.3 Å². The molecule has 30 heavy (non-hydrogen) atoms. The van der Waals surface area contributed by atoms with Crippen LogP contribution in [0, 0.1) is 0 Å². The number of methoxy groups -OCH3 is 2. The molecule has 6 nitrogen and oxygen atoms in total. The minimum Gasteiger partial charge on any atom is -0.493 e. The molecule has 0 heterocycles. The monoisotopic (exact) mass is 539 g/mol. The highest BCUT2D eigenvalue weighted by Crippen LogP contribution is 2.29. The molecule has 0 unspecified atom stereocenters. The summed E-state index contributed by atoms with van der Waals surface area (Å²) in [6, 6.07) is 11.7. The molecule has 0 aliphatic carbocycles. The summed E-state index contributed by atoms with van der Waals surface area (Å²) in [5.74, 6) is 1.91. The van der Waals surface area contributed by atoms with Crippen LogP contribution >= 0.6 is 24.0 Å². The van der Waals surface area contributed by atoms with Gasteiger partial charge in [-0.05, 0) is 36.8 Å². The highest BCUT2D eigenvalue weighted by molar-refractivity contribution is 14.0. The van der Waals surface area contributed by atoms with E-state index >= 15 is 0 Å². The predicted octanol–water partition coefficient (Wildman–Crippen LogP) is 4.84. The van der Waals surface area contributed by atoms with Gasteiger partial charge in [-0.15, -0.1) is 24.0 Å². The van der Waals surface area contributed by atoms with Crippen LogP contribution in [0.5, 0.6) is 17.2 Å². The molecule has 0 aliphatic rings. The van der Waals surface area contributed by atoms with Gasteiger partial charge in [0.15, 0.2) is 24.1 Å². The molecular weight excluding hydrogens is 514 g/mol. The zero-order chi connectivity index (χ0) is 21.3. The van der Waals surface area contributed by atoms with Crippen LogP contribution in [0.2, 0.25) is 0 Å². The Morgan fingerprint density at radius 3 is 2.23 bits per heavy atom. The molecule has 2 aromatic rings. The molecule has 0 atom stereocenters. The van der Waals surface area contributed by atoms with Crippen LogP contribution in [0.4, 0.5) is 18.9 Å². The van der Waals surface area contributed by atoms with Crippen molar-refractivity contribution in [2.75, 3.05) is 32.7 Å².